The molecule has 1 fully saturated rings. The van der Waals surface area contributed by atoms with Gasteiger partial charge in [0.1, 0.15) is 0 Å². The number of fused-ring (bicyclic) bond motifs is 1. The van der Waals surface area contributed by atoms with E-state index in [0.717, 1.165) is 43.0 Å². The Bertz CT molecular complexity index is 1030. The van der Waals surface area contributed by atoms with Crippen LogP contribution in [0.15, 0.2) is 41.2 Å². The highest BCUT2D eigenvalue weighted by Gasteiger charge is 2.35. The lowest BCUT2D eigenvalue weighted by Gasteiger charge is -2.44. The van der Waals surface area contributed by atoms with E-state index in [2.05, 4.69) is 31.3 Å². The Balaban J connectivity index is 1.23. The van der Waals surface area contributed by atoms with Gasteiger partial charge < -0.3 is 14.3 Å². The number of hydrogen-bond acceptors (Lipinski definition) is 7. The molecule has 2 aliphatic rings. The highest BCUT2D eigenvalue weighted by molar-refractivity contribution is 5.93. The summed E-state index contributed by atoms with van der Waals surface area (Å²) in [5, 5.41) is 12.7. The fourth-order valence-corrected chi connectivity index (χ4v) is 3.89. The first-order chi connectivity index (χ1) is 14.2. The molecule has 3 aromatic heterocycles. The molecule has 0 aromatic carbocycles. The number of pyridine rings is 1. The summed E-state index contributed by atoms with van der Waals surface area (Å²) in [4.78, 5) is 20.8. The van der Waals surface area contributed by atoms with E-state index in [1.807, 2.05) is 12.1 Å². The van der Waals surface area contributed by atoms with Gasteiger partial charge in [-0.3, -0.25) is 9.78 Å². The third-order valence-corrected chi connectivity index (χ3v) is 5.79. The standard InChI is InChI=1S/C21H22N6O2/c1-26(21(28)18-10-19(29-25-18)15-6-4-8-22-11-15)16-12-27(13-16)20-9-14-5-2-3-7-17(14)23-24-20/h4,6,8-11,16H,2-3,5,7,12-13H2,1H3. The van der Waals surface area contributed by atoms with Crippen molar-refractivity contribution in [1.82, 2.24) is 25.2 Å². The Kier molecular flexibility index (Phi) is 4.46. The molecule has 0 N–H and O–H groups in total. The van der Waals surface area contributed by atoms with Crippen molar-refractivity contribution >= 4 is 11.7 Å². The van der Waals surface area contributed by atoms with Crippen molar-refractivity contribution in [1.29, 1.82) is 0 Å². The van der Waals surface area contributed by atoms with E-state index in [9.17, 15) is 4.79 Å². The lowest BCUT2D eigenvalue weighted by Crippen LogP contribution is -2.60. The number of nitrogens with zero attached hydrogens (tertiary/aromatic N) is 6. The molecular formula is C21H22N6O2. The summed E-state index contributed by atoms with van der Waals surface area (Å²) in [5.41, 5.74) is 3.56. The second-order valence-electron chi connectivity index (χ2n) is 7.67. The van der Waals surface area contributed by atoms with Crippen molar-refractivity contribution in [2.45, 2.75) is 31.7 Å². The van der Waals surface area contributed by atoms with Crippen LogP contribution in [0.5, 0.6) is 0 Å². The van der Waals surface area contributed by atoms with Gasteiger partial charge in [-0.15, -0.1) is 5.10 Å². The summed E-state index contributed by atoms with van der Waals surface area (Å²) in [7, 11) is 1.81. The zero-order valence-electron chi connectivity index (χ0n) is 16.3. The van der Waals surface area contributed by atoms with Gasteiger partial charge in [-0.2, -0.15) is 5.10 Å². The maximum absolute atomic E-state index is 12.8. The van der Waals surface area contributed by atoms with Crippen LogP contribution < -0.4 is 4.90 Å². The van der Waals surface area contributed by atoms with Crippen molar-refractivity contribution in [2.24, 2.45) is 0 Å². The number of aromatic nitrogens is 4. The van der Waals surface area contributed by atoms with Crippen molar-refractivity contribution in [3.63, 3.8) is 0 Å². The molecule has 1 aliphatic heterocycles. The first-order valence-electron chi connectivity index (χ1n) is 9.94. The third-order valence-electron chi connectivity index (χ3n) is 5.79. The average Bonchev–Trinajstić information content (AvgIpc) is 3.23. The van der Waals surface area contributed by atoms with E-state index in [4.69, 9.17) is 4.52 Å². The molecule has 5 rings (SSSR count). The van der Waals surface area contributed by atoms with Gasteiger partial charge in [0, 0.05) is 44.2 Å². The number of aryl methyl sites for hydroxylation is 2. The van der Waals surface area contributed by atoms with Crippen molar-refractivity contribution in [3.8, 4) is 11.3 Å². The molecule has 1 aliphatic carbocycles. The summed E-state index contributed by atoms with van der Waals surface area (Å²) in [5.74, 6) is 1.29. The van der Waals surface area contributed by atoms with Crippen LogP contribution in [0.3, 0.4) is 0 Å². The van der Waals surface area contributed by atoms with Crippen LogP contribution in [0.4, 0.5) is 5.82 Å². The molecule has 1 saturated heterocycles. The van der Waals surface area contributed by atoms with Gasteiger partial charge >= 0.3 is 0 Å². The average molecular weight is 390 g/mol. The number of hydrogen-bond donors (Lipinski definition) is 0. The van der Waals surface area contributed by atoms with Crippen LogP contribution in [0, 0.1) is 0 Å². The maximum atomic E-state index is 12.8. The minimum absolute atomic E-state index is 0.110. The molecule has 3 aromatic rings. The van der Waals surface area contributed by atoms with E-state index in [0.29, 0.717) is 11.5 Å². The highest BCUT2D eigenvalue weighted by Crippen LogP contribution is 2.27. The molecule has 0 bridgehead atoms. The van der Waals surface area contributed by atoms with Crippen LogP contribution in [-0.4, -0.2) is 57.3 Å². The molecule has 0 spiro atoms. The molecule has 148 valence electrons. The van der Waals surface area contributed by atoms with Crippen molar-refractivity contribution < 1.29 is 9.32 Å². The lowest BCUT2D eigenvalue weighted by molar-refractivity contribution is 0.0694. The molecule has 1 amide bonds. The number of likely N-dealkylation sites (N-methyl/N-ethyl adjacent to an activating group) is 1. The van der Waals surface area contributed by atoms with Gasteiger partial charge in [-0.05, 0) is 49.4 Å². The van der Waals surface area contributed by atoms with Crippen LogP contribution in [0.2, 0.25) is 0 Å². The molecular weight excluding hydrogens is 368 g/mol. The molecule has 8 nitrogen and oxygen atoms in total. The first-order valence-corrected chi connectivity index (χ1v) is 9.94. The molecule has 0 unspecified atom stereocenters. The lowest BCUT2D eigenvalue weighted by atomic mass is 9.96. The van der Waals surface area contributed by atoms with Crippen molar-refractivity contribution in [3.05, 3.63) is 53.6 Å². The predicted octanol–water partition coefficient (Wildman–Crippen LogP) is 2.37. The summed E-state index contributed by atoms with van der Waals surface area (Å²) in [6, 6.07) is 7.63. The second kappa shape index (κ2) is 7.27. The fourth-order valence-electron chi connectivity index (χ4n) is 3.89. The van der Waals surface area contributed by atoms with Gasteiger partial charge in [0.25, 0.3) is 5.91 Å². The zero-order valence-corrected chi connectivity index (χ0v) is 16.3. The first kappa shape index (κ1) is 17.8. The van der Waals surface area contributed by atoms with Crippen LogP contribution in [-0.2, 0) is 12.8 Å². The number of carbonyl (C=O) groups excluding carboxylic acids is 1. The maximum Gasteiger partial charge on any atom is 0.276 e. The Morgan fingerprint density at radius 3 is 2.90 bits per heavy atom. The van der Waals surface area contributed by atoms with Crippen molar-refractivity contribution in [2.75, 3.05) is 25.0 Å². The summed E-state index contributed by atoms with van der Waals surface area (Å²) in [6.07, 6.45) is 7.90. The van der Waals surface area contributed by atoms with E-state index in [-0.39, 0.29) is 11.9 Å². The van der Waals surface area contributed by atoms with Gasteiger partial charge in [0.05, 0.1) is 11.7 Å². The molecule has 4 heterocycles. The van der Waals surface area contributed by atoms with E-state index < -0.39 is 0 Å². The number of anilines is 1. The monoisotopic (exact) mass is 390 g/mol. The Morgan fingerprint density at radius 2 is 2.07 bits per heavy atom. The molecule has 0 atom stereocenters. The Hall–Kier alpha value is -3.29. The van der Waals surface area contributed by atoms with Crippen LogP contribution >= 0.6 is 0 Å². The van der Waals surface area contributed by atoms with E-state index >= 15 is 0 Å². The van der Waals surface area contributed by atoms with E-state index in [1.54, 1.807) is 30.4 Å². The number of rotatable bonds is 4. The van der Waals surface area contributed by atoms with Gasteiger partial charge in [0.2, 0.25) is 0 Å². The minimum atomic E-state index is -0.148. The summed E-state index contributed by atoms with van der Waals surface area (Å²) >= 11 is 0. The normalized spacial score (nSPS) is 16.2. The molecule has 8 heteroatoms. The van der Waals surface area contributed by atoms with Gasteiger partial charge in [-0.25, -0.2) is 0 Å². The second-order valence-corrected chi connectivity index (χ2v) is 7.67. The summed E-state index contributed by atoms with van der Waals surface area (Å²) in [6.45, 7) is 1.48. The summed E-state index contributed by atoms with van der Waals surface area (Å²) < 4.78 is 5.33. The topological polar surface area (TPSA) is 88.3 Å². The highest BCUT2D eigenvalue weighted by atomic mass is 16.5. The predicted molar refractivity (Wildman–Crippen MR) is 107 cm³/mol. The largest absolute Gasteiger partial charge is 0.355 e. The van der Waals surface area contributed by atoms with E-state index in [1.165, 1.54) is 18.4 Å². The Morgan fingerprint density at radius 1 is 1.21 bits per heavy atom. The van der Waals surface area contributed by atoms with Gasteiger partial charge in [0.15, 0.2) is 17.3 Å². The van der Waals surface area contributed by atoms with Crippen LogP contribution in [0.25, 0.3) is 11.3 Å². The van der Waals surface area contributed by atoms with Crippen LogP contribution in [0.1, 0.15) is 34.6 Å². The molecule has 29 heavy (non-hydrogen) atoms. The minimum Gasteiger partial charge on any atom is -0.355 e. The smallest absolute Gasteiger partial charge is 0.276 e. The number of amides is 1. The third kappa shape index (κ3) is 3.35. The number of carbonyl (C=O) groups is 1. The molecule has 0 saturated carbocycles. The molecule has 0 radical (unpaired) electrons. The Labute approximate surface area is 168 Å². The van der Waals surface area contributed by atoms with Gasteiger partial charge in [-0.1, -0.05) is 5.16 Å². The SMILES string of the molecule is CN(C(=O)c1cc(-c2cccnc2)on1)C1CN(c2cc3c(nn2)CCCC3)C1. The fraction of sp³-hybridized carbons (Fsp3) is 0.381. The quantitative estimate of drug-likeness (QED) is 0.676. The zero-order chi connectivity index (χ0) is 19.8.